The molecule has 1 unspecified atom stereocenters. The molecule has 0 aliphatic rings. The van der Waals surface area contributed by atoms with Crippen LogP contribution < -0.4 is 0 Å². The first-order valence-electron chi connectivity index (χ1n) is 6.35. The first-order chi connectivity index (χ1) is 8.67. The van der Waals surface area contributed by atoms with Crippen LogP contribution in [-0.4, -0.2) is 29.5 Å². The minimum absolute atomic E-state index is 0.242. The van der Waals surface area contributed by atoms with Crippen molar-refractivity contribution in [3.63, 3.8) is 0 Å². The van der Waals surface area contributed by atoms with Gasteiger partial charge in [-0.3, -0.25) is 4.21 Å². The van der Waals surface area contributed by atoms with E-state index in [2.05, 4.69) is 0 Å². The lowest BCUT2D eigenvalue weighted by atomic mass is 10.2. The molecule has 0 bridgehead atoms. The van der Waals surface area contributed by atoms with Crippen LogP contribution in [0.2, 0.25) is 0 Å². The summed E-state index contributed by atoms with van der Waals surface area (Å²) in [7, 11) is -0.981. The lowest BCUT2D eigenvalue weighted by Crippen LogP contribution is -2.20. The highest BCUT2D eigenvalue weighted by Gasteiger charge is 2.11. The number of aryl methyl sites for hydroxylation is 1. The maximum absolute atomic E-state index is 12.1. The van der Waals surface area contributed by atoms with Gasteiger partial charge in [-0.05, 0) is 38.5 Å². The van der Waals surface area contributed by atoms with Crippen molar-refractivity contribution in [2.24, 2.45) is 0 Å². The van der Waals surface area contributed by atoms with Crippen LogP contribution in [0.5, 0.6) is 0 Å². The van der Waals surface area contributed by atoms with Gasteiger partial charge in [-0.1, -0.05) is 12.1 Å². The zero-order valence-corrected chi connectivity index (χ0v) is 12.2. The molecule has 1 aromatic rings. The van der Waals surface area contributed by atoms with Gasteiger partial charge >= 0.3 is 0 Å². The largest absolute Gasteiger partial charge is 0.353 e. The molecule has 0 fully saturated rings. The molecule has 0 aliphatic heterocycles. The second kappa shape index (κ2) is 8.40. The van der Waals surface area contributed by atoms with Crippen molar-refractivity contribution >= 4 is 10.8 Å². The highest BCUT2D eigenvalue weighted by atomic mass is 32.2. The molecule has 18 heavy (non-hydrogen) atoms. The minimum atomic E-state index is -0.981. The molecule has 0 N–H and O–H groups in total. The Bertz CT molecular complexity index is 373. The second-order valence-corrected chi connectivity index (χ2v) is 5.57. The van der Waals surface area contributed by atoms with E-state index in [-0.39, 0.29) is 6.29 Å². The number of hydrogen-bond acceptors (Lipinski definition) is 3. The summed E-state index contributed by atoms with van der Waals surface area (Å²) in [5.41, 5.74) is 1.13. The van der Waals surface area contributed by atoms with Gasteiger partial charge < -0.3 is 9.47 Å². The molecule has 0 aliphatic carbocycles. The Morgan fingerprint density at radius 3 is 2.44 bits per heavy atom. The van der Waals surface area contributed by atoms with Gasteiger partial charge in [-0.15, -0.1) is 0 Å². The minimum Gasteiger partial charge on any atom is -0.353 e. The van der Waals surface area contributed by atoms with Gasteiger partial charge in [-0.25, -0.2) is 0 Å². The van der Waals surface area contributed by atoms with Crippen molar-refractivity contribution in [2.45, 2.75) is 38.4 Å². The highest BCUT2D eigenvalue weighted by Crippen LogP contribution is 2.12. The van der Waals surface area contributed by atoms with E-state index < -0.39 is 10.8 Å². The van der Waals surface area contributed by atoms with Gasteiger partial charge in [0.25, 0.3) is 0 Å². The summed E-state index contributed by atoms with van der Waals surface area (Å²) in [6.45, 7) is 7.10. The summed E-state index contributed by atoms with van der Waals surface area (Å²) in [5.74, 6) is 0.564. The molecule has 4 heteroatoms. The molecule has 0 heterocycles. The van der Waals surface area contributed by atoms with Crippen molar-refractivity contribution in [2.75, 3.05) is 19.0 Å². The molecule has 1 aromatic carbocycles. The van der Waals surface area contributed by atoms with E-state index in [1.54, 1.807) is 0 Å². The first-order valence-corrected chi connectivity index (χ1v) is 7.67. The smallest absolute Gasteiger partial charge is 0.158 e. The Morgan fingerprint density at radius 1 is 1.22 bits per heavy atom. The molecular weight excluding hydrogens is 248 g/mol. The lowest BCUT2D eigenvalue weighted by Gasteiger charge is -2.16. The summed E-state index contributed by atoms with van der Waals surface area (Å²) < 4.78 is 23.0. The molecule has 1 rings (SSSR count). The zero-order valence-electron chi connectivity index (χ0n) is 11.3. The molecule has 102 valence electrons. The third-order valence-electron chi connectivity index (χ3n) is 2.50. The third-order valence-corrected chi connectivity index (χ3v) is 3.88. The van der Waals surface area contributed by atoms with Crippen LogP contribution in [0.3, 0.4) is 0 Å². The molecule has 0 saturated carbocycles. The van der Waals surface area contributed by atoms with Crippen LogP contribution in [0.1, 0.15) is 25.8 Å². The SMILES string of the molecule is CCOC(CCS(=O)c1cccc(C)c1)OCC. The Kier molecular flexibility index (Phi) is 7.16. The van der Waals surface area contributed by atoms with Crippen LogP contribution in [0, 0.1) is 6.92 Å². The van der Waals surface area contributed by atoms with Crippen molar-refractivity contribution < 1.29 is 13.7 Å². The van der Waals surface area contributed by atoms with Gasteiger partial charge in [0.15, 0.2) is 6.29 Å². The van der Waals surface area contributed by atoms with Crippen molar-refractivity contribution in [3.8, 4) is 0 Å². The summed E-state index contributed by atoms with van der Waals surface area (Å²) in [6.07, 6.45) is 0.413. The van der Waals surface area contributed by atoms with E-state index in [0.29, 0.717) is 25.4 Å². The van der Waals surface area contributed by atoms with Crippen molar-refractivity contribution in [1.29, 1.82) is 0 Å². The normalized spacial score (nSPS) is 12.9. The van der Waals surface area contributed by atoms with Crippen LogP contribution in [0.15, 0.2) is 29.2 Å². The zero-order chi connectivity index (χ0) is 13.4. The van der Waals surface area contributed by atoms with E-state index >= 15 is 0 Å². The first kappa shape index (κ1) is 15.3. The van der Waals surface area contributed by atoms with Crippen LogP contribution in [0.4, 0.5) is 0 Å². The van der Waals surface area contributed by atoms with Gasteiger partial charge in [0.05, 0.1) is 10.8 Å². The summed E-state index contributed by atoms with van der Waals surface area (Å²) in [5, 5.41) is 0. The quantitative estimate of drug-likeness (QED) is 0.681. The molecule has 0 radical (unpaired) electrons. The fraction of sp³-hybridized carbons (Fsp3) is 0.571. The molecule has 1 atom stereocenters. The fourth-order valence-corrected chi connectivity index (χ4v) is 2.85. The van der Waals surface area contributed by atoms with E-state index in [9.17, 15) is 4.21 Å². The van der Waals surface area contributed by atoms with Crippen molar-refractivity contribution in [1.82, 2.24) is 0 Å². The van der Waals surface area contributed by atoms with E-state index in [4.69, 9.17) is 9.47 Å². The van der Waals surface area contributed by atoms with Gasteiger partial charge in [0, 0.05) is 30.3 Å². The summed E-state index contributed by atoms with van der Waals surface area (Å²) >= 11 is 0. The van der Waals surface area contributed by atoms with E-state index in [1.807, 2.05) is 45.0 Å². The summed E-state index contributed by atoms with van der Waals surface area (Å²) in [4.78, 5) is 0.877. The number of hydrogen-bond donors (Lipinski definition) is 0. The predicted octanol–water partition coefficient (Wildman–Crippen LogP) is 2.89. The monoisotopic (exact) mass is 270 g/mol. The number of rotatable bonds is 8. The van der Waals surface area contributed by atoms with Gasteiger partial charge in [-0.2, -0.15) is 0 Å². The lowest BCUT2D eigenvalue weighted by molar-refractivity contribution is -0.136. The average Bonchev–Trinajstić information content (AvgIpc) is 2.36. The van der Waals surface area contributed by atoms with Crippen LogP contribution >= 0.6 is 0 Å². The van der Waals surface area contributed by atoms with E-state index in [1.165, 1.54) is 0 Å². The Balaban J connectivity index is 2.49. The number of benzene rings is 1. The molecule has 0 aromatic heterocycles. The Morgan fingerprint density at radius 2 is 1.89 bits per heavy atom. The van der Waals surface area contributed by atoms with Crippen LogP contribution in [-0.2, 0) is 20.3 Å². The molecular formula is C14H22O3S. The standard InChI is InChI=1S/C14H22O3S/c1-4-16-14(17-5-2)9-10-18(15)13-8-6-7-12(3)11-13/h6-8,11,14H,4-5,9-10H2,1-3H3. The van der Waals surface area contributed by atoms with Crippen molar-refractivity contribution in [3.05, 3.63) is 29.8 Å². The van der Waals surface area contributed by atoms with Crippen LogP contribution in [0.25, 0.3) is 0 Å². The number of ether oxygens (including phenoxy) is 2. The molecule has 0 amide bonds. The highest BCUT2D eigenvalue weighted by molar-refractivity contribution is 7.85. The van der Waals surface area contributed by atoms with Gasteiger partial charge in [0.1, 0.15) is 0 Å². The molecule has 3 nitrogen and oxygen atoms in total. The summed E-state index contributed by atoms with van der Waals surface area (Å²) in [6, 6.07) is 7.81. The predicted molar refractivity (Wildman–Crippen MR) is 74.1 cm³/mol. The van der Waals surface area contributed by atoms with Gasteiger partial charge in [0.2, 0.25) is 0 Å². The van der Waals surface area contributed by atoms with E-state index in [0.717, 1.165) is 10.5 Å². The average molecular weight is 270 g/mol. The molecule has 0 saturated heterocycles. The topological polar surface area (TPSA) is 35.5 Å². The Labute approximate surface area is 112 Å². The fourth-order valence-electron chi connectivity index (χ4n) is 1.66. The maximum Gasteiger partial charge on any atom is 0.158 e. The maximum atomic E-state index is 12.1. The third kappa shape index (κ3) is 5.29. The second-order valence-electron chi connectivity index (χ2n) is 4.00. The Hall–Kier alpha value is -0.710. The molecule has 0 spiro atoms.